The number of amides is 3. The Morgan fingerprint density at radius 1 is 1.37 bits per heavy atom. The smallest absolute Gasteiger partial charge is 0.317 e. The average Bonchev–Trinajstić information content (AvgIpc) is 2.68. The molecule has 2 unspecified atom stereocenters. The molecule has 0 aromatic rings. The Morgan fingerprint density at radius 3 is 2.68 bits per heavy atom. The molecule has 2 aliphatic heterocycles. The second-order valence-corrected chi connectivity index (χ2v) is 5.25. The Bertz CT molecular complexity index is 398. The van der Waals surface area contributed by atoms with Gasteiger partial charge in [0.05, 0.1) is 12.0 Å². The van der Waals surface area contributed by atoms with Crippen molar-refractivity contribution >= 4 is 17.9 Å². The summed E-state index contributed by atoms with van der Waals surface area (Å²) in [5, 5.41) is 11.8. The molecule has 0 saturated carbocycles. The summed E-state index contributed by atoms with van der Waals surface area (Å²) >= 11 is 0. The number of likely N-dealkylation sites (tertiary alicyclic amines) is 2. The van der Waals surface area contributed by atoms with Gasteiger partial charge in [-0.2, -0.15) is 0 Å². The molecule has 2 saturated heterocycles. The van der Waals surface area contributed by atoms with Crippen molar-refractivity contribution in [3.05, 3.63) is 0 Å². The van der Waals surface area contributed by atoms with Gasteiger partial charge in [0.15, 0.2) is 0 Å². The summed E-state index contributed by atoms with van der Waals surface area (Å²) in [5.74, 6) is -1.31. The highest BCUT2D eigenvalue weighted by molar-refractivity contribution is 5.81. The molecule has 0 aliphatic carbocycles. The second-order valence-electron chi connectivity index (χ2n) is 5.25. The van der Waals surface area contributed by atoms with Crippen LogP contribution in [0.15, 0.2) is 0 Å². The van der Waals surface area contributed by atoms with Gasteiger partial charge in [0.25, 0.3) is 0 Å². The fourth-order valence-corrected chi connectivity index (χ4v) is 2.59. The molecular weight excluding hydrogens is 250 g/mol. The van der Waals surface area contributed by atoms with E-state index >= 15 is 0 Å². The highest BCUT2D eigenvalue weighted by Gasteiger charge is 2.32. The molecule has 0 aromatic heterocycles. The number of hydrogen-bond acceptors (Lipinski definition) is 3. The maximum absolute atomic E-state index is 12.0. The number of likely N-dealkylation sites (N-methyl/N-ethyl adjacent to an activating group) is 1. The molecule has 7 heteroatoms. The molecule has 7 nitrogen and oxygen atoms in total. The summed E-state index contributed by atoms with van der Waals surface area (Å²) in [6.07, 6.45) is 1.64. The maximum Gasteiger partial charge on any atom is 0.317 e. The van der Waals surface area contributed by atoms with Crippen molar-refractivity contribution in [1.29, 1.82) is 0 Å². The Kier molecular flexibility index (Phi) is 3.92. The van der Waals surface area contributed by atoms with Crippen LogP contribution in [0.5, 0.6) is 0 Å². The SMILES string of the molecule is CN1CC(NC(=O)N2CCCC(C(=O)O)C2)CC1=O. The molecule has 2 atom stereocenters. The van der Waals surface area contributed by atoms with Crippen molar-refractivity contribution in [3.63, 3.8) is 0 Å². The largest absolute Gasteiger partial charge is 0.481 e. The van der Waals surface area contributed by atoms with E-state index in [1.807, 2.05) is 0 Å². The first kappa shape index (κ1) is 13.6. The van der Waals surface area contributed by atoms with Gasteiger partial charge in [-0.25, -0.2) is 4.79 Å². The number of rotatable bonds is 2. The molecule has 2 fully saturated rings. The number of hydrogen-bond donors (Lipinski definition) is 2. The minimum atomic E-state index is -0.853. The van der Waals surface area contributed by atoms with Crippen molar-refractivity contribution in [2.75, 3.05) is 26.7 Å². The number of carboxylic acid groups (broad SMARTS) is 1. The van der Waals surface area contributed by atoms with Crippen LogP contribution in [0.2, 0.25) is 0 Å². The molecule has 106 valence electrons. The van der Waals surface area contributed by atoms with Gasteiger partial charge in [-0.1, -0.05) is 0 Å². The zero-order chi connectivity index (χ0) is 14.0. The number of nitrogens with one attached hydrogen (secondary N) is 1. The molecule has 0 aromatic carbocycles. The van der Waals surface area contributed by atoms with Gasteiger partial charge < -0.3 is 20.2 Å². The molecule has 0 spiro atoms. The molecule has 2 rings (SSSR count). The van der Waals surface area contributed by atoms with Crippen molar-refractivity contribution in [2.45, 2.75) is 25.3 Å². The van der Waals surface area contributed by atoms with E-state index in [1.165, 1.54) is 4.90 Å². The van der Waals surface area contributed by atoms with E-state index in [4.69, 9.17) is 5.11 Å². The second kappa shape index (κ2) is 5.46. The fraction of sp³-hybridized carbons (Fsp3) is 0.750. The first-order valence-electron chi connectivity index (χ1n) is 6.49. The topological polar surface area (TPSA) is 90.0 Å². The van der Waals surface area contributed by atoms with Crippen LogP contribution in [0, 0.1) is 5.92 Å². The summed E-state index contributed by atoms with van der Waals surface area (Å²) in [6, 6.07) is -0.436. The zero-order valence-electron chi connectivity index (χ0n) is 11.0. The van der Waals surface area contributed by atoms with Crippen molar-refractivity contribution in [1.82, 2.24) is 15.1 Å². The van der Waals surface area contributed by atoms with E-state index in [9.17, 15) is 14.4 Å². The first-order valence-corrected chi connectivity index (χ1v) is 6.49. The number of nitrogens with zero attached hydrogens (tertiary/aromatic N) is 2. The van der Waals surface area contributed by atoms with Crippen LogP contribution in [0.1, 0.15) is 19.3 Å². The summed E-state index contributed by atoms with van der Waals surface area (Å²) in [4.78, 5) is 37.5. The lowest BCUT2D eigenvalue weighted by molar-refractivity contribution is -0.143. The van der Waals surface area contributed by atoms with Gasteiger partial charge in [0.2, 0.25) is 5.91 Å². The van der Waals surface area contributed by atoms with Gasteiger partial charge in [-0.3, -0.25) is 9.59 Å². The number of aliphatic carboxylic acids is 1. The molecule has 3 amide bonds. The standard InChI is InChI=1S/C12H19N3O4/c1-14-7-9(5-10(14)16)13-12(19)15-4-2-3-8(6-15)11(17)18/h8-9H,2-7H2,1H3,(H,13,19)(H,17,18). The van der Waals surface area contributed by atoms with E-state index in [0.29, 0.717) is 32.4 Å². The van der Waals surface area contributed by atoms with Gasteiger partial charge in [-0.15, -0.1) is 0 Å². The minimum Gasteiger partial charge on any atom is -0.481 e. The minimum absolute atomic E-state index is 0.0207. The van der Waals surface area contributed by atoms with Gasteiger partial charge in [-0.05, 0) is 12.8 Å². The molecule has 0 bridgehead atoms. The Morgan fingerprint density at radius 2 is 2.11 bits per heavy atom. The van der Waals surface area contributed by atoms with Crippen molar-refractivity contribution < 1.29 is 19.5 Å². The summed E-state index contributed by atoms with van der Waals surface area (Å²) in [6.45, 7) is 1.34. The van der Waals surface area contributed by atoms with E-state index in [0.717, 1.165) is 0 Å². The van der Waals surface area contributed by atoms with E-state index < -0.39 is 11.9 Å². The predicted octanol–water partition coefficient (Wildman–Crippen LogP) is -0.277. The third kappa shape index (κ3) is 3.15. The average molecular weight is 269 g/mol. The molecular formula is C12H19N3O4. The van der Waals surface area contributed by atoms with Crippen molar-refractivity contribution in [3.8, 4) is 0 Å². The third-order valence-corrected chi connectivity index (χ3v) is 3.73. The number of piperidine rings is 1. The molecule has 0 radical (unpaired) electrons. The Labute approximate surface area is 111 Å². The zero-order valence-corrected chi connectivity index (χ0v) is 11.0. The van der Waals surface area contributed by atoms with Crippen LogP contribution >= 0.6 is 0 Å². The lowest BCUT2D eigenvalue weighted by Gasteiger charge is -2.31. The quantitative estimate of drug-likeness (QED) is 0.721. The van der Waals surface area contributed by atoms with Gasteiger partial charge >= 0.3 is 12.0 Å². The van der Waals surface area contributed by atoms with Crippen LogP contribution in [-0.2, 0) is 9.59 Å². The molecule has 2 aliphatic rings. The normalized spacial score (nSPS) is 27.5. The highest BCUT2D eigenvalue weighted by atomic mass is 16.4. The van der Waals surface area contributed by atoms with Crippen LogP contribution in [0.4, 0.5) is 4.79 Å². The van der Waals surface area contributed by atoms with Crippen LogP contribution < -0.4 is 5.32 Å². The first-order chi connectivity index (χ1) is 8.97. The summed E-state index contributed by atoms with van der Waals surface area (Å²) < 4.78 is 0. The van der Waals surface area contributed by atoms with Crippen LogP contribution in [0.25, 0.3) is 0 Å². The summed E-state index contributed by atoms with van der Waals surface area (Å²) in [5.41, 5.74) is 0. The number of carbonyl (C=O) groups excluding carboxylic acids is 2. The number of urea groups is 1. The fourth-order valence-electron chi connectivity index (χ4n) is 2.59. The maximum atomic E-state index is 12.0. The van der Waals surface area contributed by atoms with Crippen LogP contribution in [0.3, 0.4) is 0 Å². The van der Waals surface area contributed by atoms with E-state index in [2.05, 4.69) is 5.32 Å². The monoisotopic (exact) mass is 269 g/mol. The number of carbonyl (C=O) groups is 3. The predicted molar refractivity (Wildman–Crippen MR) is 66.5 cm³/mol. The molecule has 2 N–H and O–H groups in total. The van der Waals surface area contributed by atoms with Gasteiger partial charge in [0, 0.05) is 33.1 Å². The van der Waals surface area contributed by atoms with Crippen LogP contribution in [-0.4, -0.2) is 65.5 Å². The van der Waals surface area contributed by atoms with Gasteiger partial charge in [0.1, 0.15) is 0 Å². The third-order valence-electron chi connectivity index (χ3n) is 3.73. The lowest BCUT2D eigenvalue weighted by atomic mass is 9.99. The Balaban J connectivity index is 1.86. The summed E-state index contributed by atoms with van der Waals surface area (Å²) in [7, 11) is 1.70. The van der Waals surface area contributed by atoms with Crippen molar-refractivity contribution in [2.24, 2.45) is 5.92 Å². The Hall–Kier alpha value is -1.79. The highest BCUT2D eigenvalue weighted by Crippen LogP contribution is 2.17. The van der Waals surface area contributed by atoms with E-state index in [1.54, 1.807) is 11.9 Å². The molecule has 19 heavy (non-hydrogen) atoms. The molecule has 2 heterocycles. The van der Waals surface area contributed by atoms with E-state index in [-0.39, 0.29) is 24.5 Å². The number of carboxylic acids is 1. The lowest BCUT2D eigenvalue weighted by Crippen LogP contribution is -2.50.